The molecule has 0 radical (unpaired) electrons. The number of nitrogens with zero attached hydrogens (tertiary/aromatic N) is 1. The van der Waals surface area contributed by atoms with Gasteiger partial charge < -0.3 is 14.8 Å². The number of methoxy groups -OCH3 is 2. The Morgan fingerprint density at radius 1 is 1.20 bits per heavy atom. The second-order valence-corrected chi connectivity index (χ2v) is 4.88. The number of benzene rings is 1. The van der Waals surface area contributed by atoms with Gasteiger partial charge in [0, 0.05) is 23.7 Å². The van der Waals surface area contributed by atoms with Crippen LogP contribution in [0, 0.1) is 0 Å². The van der Waals surface area contributed by atoms with Gasteiger partial charge in [0.2, 0.25) is 0 Å². The van der Waals surface area contributed by atoms with Crippen molar-refractivity contribution in [1.29, 1.82) is 0 Å². The number of ether oxygens (including phenoxy) is 2. The minimum absolute atomic E-state index is 0.433. The molecule has 0 spiro atoms. The number of nitrogens with one attached hydrogen (secondary N) is 2. The molecule has 1 heterocycles. The molecule has 108 valence electrons. The summed E-state index contributed by atoms with van der Waals surface area (Å²) in [6.07, 6.45) is 1.85. The van der Waals surface area contributed by atoms with Crippen molar-refractivity contribution < 1.29 is 9.47 Å². The van der Waals surface area contributed by atoms with E-state index in [-0.39, 0.29) is 0 Å². The minimum Gasteiger partial charge on any atom is -0.493 e. The highest BCUT2D eigenvalue weighted by Crippen LogP contribution is 2.32. The average molecular weight is 275 g/mol. The van der Waals surface area contributed by atoms with Crippen molar-refractivity contribution in [3.8, 4) is 22.8 Å². The van der Waals surface area contributed by atoms with E-state index in [9.17, 15) is 0 Å². The molecule has 0 bridgehead atoms. The van der Waals surface area contributed by atoms with Gasteiger partial charge in [-0.3, -0.25) is 5.10 Å². The fourth-order valence-electron chi connectivity index (χ4n) is 2.00. The van der Waals surface area contributed by atoms with Crippen molar-refractivity contribution in [3.63, 3.8) is 0 Å². The molecule has 0 saturated heterocycles. The van der Waals surface area contributed by atoms with E-state index >= 15 is 0 Å². The Bertz CT molecular complexity index is 564. The van der Waals surface area contributed by atoms with Crippen LogP contribution in [0.1, 0.15) is 19.4 Å². The SMILES string of the molecule is COc1ccc(-c2[nH]ncc2CNC(C)C)cc1OC. The van der Waals surface area contributed by atoms with Crippen molar-refractivity contribution in [2.24, 2.45) is 0 Å². The Hall–Kier alpha value is -2.01. The number of hydrogen-bond donors (Lipinski definition) is 2. The van der Waals surface area contributed by atoms with Crippen LogP contribution in [0.2, 0.25) is 0 Å². The van der Waals surface area contributed by atoms with Crippen LogP contribution < -0.4 is 14.8 Å². The molecule has 0 aliphatic heterocycles. The molecular formula is C15H21N3O2. The molecule has 5 nitrogen and oxygen atoms in total. The maximum atomic E-state index is 5.34. The lowest BCUT2D eigenvalue weighted by Gasteiger charge is -2.11. The first kappa shape index (κ1) is 14.4. The fraction of sp³-hybridized carbons (Fsp3) is 0.400. The second kappa shape index (κ2) is 6.43. The predicted molar refractivity (Wildman–Crippen MR) is 79.1 cm³/mol. The topological polar surface area (TPSA) is 59.2 Å². The summed E-state index contributed by atoms with van der Waals surface area (Å²) in [6.45, 7) is 5.02. The molecular weight excluding hydrogens is 254 g/mol. The van der Waals surface area contributed by atoms with Gasteiger partial charge >= 0.3 is 0 Å². The van der Waals surface area contributed by atoms with Gasteiger partial charge in [-0.25, -0.2) is 0 Å². The highest BCUT2D eigenvalue weighted by atomic mass is 16.5. The van der Waals surface area contributed by atoms with E-state index in [1.165, 1.54) is 0 Å². The van der Waals surface area contributed by atoms with Gasteiger partial charge in [0.15, 0.2) is 11.5 Å². The van der Waals surface area contributed by atoms with E-state index in [0.717, 1.165) is 29.1 Å². The van der Waals surface area contributed by atoms with Gasteiger partial charge in [-0.1, -0.05) is 13.8 Å². The zero-order chi connectivity index (χ0) is 14.5. The van der Waals surface area contributed by atoms with E-state index in [1.807, 2.05) is 24.4 Å². The van der Waals surface area contributed by atoms with Crippen molar-refractivity contribution >= 4 is 0 Å². The maximum absolute atomic E-state index is 5.34. The molecule has 0 amide bonds. The Morgan fingerprint density at radius 2 is 1.95 bits per heavy atom. The molecule has 0 aliphatic carbocycles. The Labute approximate surface area is 119 Å². The van der Waals surface area contributed by atoms with E-state index in [1.54, 1.807) is 14.2 Å². The van der Waals surface area contributed by atoms with Crippen LogP contribution in [0.4, 0.5) is 0 Å². The van der Waals surface area contributed by atoms with Crippen molar-refractivity contribution in [2.75, 3.05) is 14.2 Å². The first-order valence-electron chi connectivity index (χ1n) is 6.63. The number of aromatic amines is 1. The standard InChI is InChI=1S/C15H21N3O2/c1-10(2)16-8-12-9-17-18-15(12)11-5-6-13(19-3)14(7-11)20-4/h5-7,9-10,16H,8H2,1-4H3,(H,17,18). The average Bonchev–Trinajstić information content (AvgIpc) is 2.92. The van der Waals surface area contributed by atoms with Crippen LogP contribution in [-0.2, 0) is 6.54 Å². The lowest BCUT2D eigenvalue weighted by molar-refractivity contribution is 0.355. The summed E-state index contributed by atoms with van der Waals surface area (Å²) in [7, 11) is 3.27. The second-order valence-electron chi connectivity index (χ2n) is 4.88. The summed E-state index contributed by atoms with van der Waals surface area (Å²) in [5.41, 5.74) is 3.16. The summed E-state index contributed by atoms with van der Waals surface area (Å²) in [5.74, 6) is 1.43. The molecule has 0 saturated carbocycles. The predicted octanol–water partition coefficient (Wildman–Crippen LogP) is 2.59. The molecule has 5 heteroatoms. The Kier molecular flexibility index (Phi) is 4.63. The fourth-order valence-corrected chi connectivity index (χ4v) is 2.00. The van der Waals surface area contributed by atoms with E-state index in [0.29, 0.717) is 11.8 Å². The Morgan fingerprint density at radius 3 is 2.60 bits per heavy atom. The van der Waals surface area contributed by atoms with E-state index in [2.05, 4.69) is 29.4 Å². The molecule has 2 N–H and O–H groups in total. The lowest BCUT2D eigenvalue weighted by Crippen LogP contribution is -2.21. The molecule has 0 unspecified atom stereocenters. The first-order valence-corrected chi connectivity index (χ1v) is 6.63. The molecule has 0 aliphatic rings. The molecule has 1 aromatic heterocycles. The summed E-state index contributed by atoms with van der Waals surface area (Å²) in [6, 6.07) is 6.27. The normalized spacial score (nSPS) is 10.8. The summed E-state index contributed by atoms with van der Waals surface area (Å²) in [5, 5.41) is 10.6. The summed E-state index contributed by atoms with van der Waals surface area (Å²) < 4.78 is 10.6. The summed E-state index contributed by atoms with van der Waals surface area (Å²) in [4.78, 5) is 0. The van der Waals surface area contributed by atoms with Crippen LogP contribution >= 0.6 is 0 Å². The molecule has 1 aromatic carbocycles. The largest absolute Gasteiger partial charge is 0.493 e. The summed E-state index contributed by atoms with van der Waals surface area (Å²) >= 11 is 0. The van der Waals surface area contributed by atoms with Crippen LogP contribution in [0.15, 0.2) is 24.4 Å². The maximum Gasteiger partial charge on any atom is 0.161 e. The number of rotatable bonds is 6. The quantitative estimate of drug-likeness (QED) is 0.850. The third-order valence-electron chi connectivity index (χ3n) is 3.09. The Balaban J connectivity index is 2.30. The first-order chi connectivity index (χ1) is 9.65. The van der Waals surface area contributed by atoms with Crippen molar-refractivity contribution in [2.45, 2.75) is 26.4 Å². The third kappa shape index (κ3) is 3.11. The van der Waals surface area contributed by atoms with Crippen LogP contribution in [0.3, 0.4) is 0 Å². The highest BCUT2D eigenvalue weighted by molar-refractivity contribution is 5.66. The zero-order valence-electron chi connectivity index (χ0n) is 12.4. The van der Waals surface area contributed by atoms with Crippen LogP contribution in [-0.4, -0.2) is 30.5 Å². The number of H-pyrrole nitrogens is 1. The highest BCUT2D eigenvalue weighted by Gasteiger charge is 2.11. The molecule has 0 atom stereocenters. The lowest BCUT2D eigenvalue weighted by atomic mass is 10.1. The van der Waals surface area contributed by atoms with Crippen molar-refractivity contribution in [3.05, 3.63) is 30.0 Å². The van der Waals surface area contributed by atoms with Gasteiger partial charge in [-0.05, 0) is 18.2 Å². The zero-order valence-corrected chi connectivity index (χ0v) is 12.4. The molecule has 2 aromatic rings. The third-order valence-corrected chi connectivity index (χ3v) is 3.09. The van der Waals surface area contributed by atoms with E-state index < -0.39 is 0 Å². The van der Waals surface area contributed by atoms with Gasteiger partial charge in [-0.15, -0.1) is 0 Å². The van der Waals surface area contributed by atoms with Gasteiger partial charge in [-0.2, -0.15) is 5.10 Å². The van der Waals surface area contributed by atoms with E-state index in [4.69, 9.17) is 9.47 Å². The number of hydrogen-bond acceptors (Lipinski definition) is 4. The molecule has 2 rings (SSSR count). The van der Waals surface area contributed by atoms with Crippen LogP contribution in [0.5, 0.6) is 11.5 Å². The smallest absolute Gasteiger partial charge is 0.161 e. The minimum atomic E-state index is 0.433. The van der Waals surface area contributed by atoms with Crippen molar-refractivity contribution in [1.82, 2.24) is 15.5 Å². The van der Waals surface area contributed by atoms with Crippen LogP contribution in [0.25, 0.3) is 11.3 Å². The molecule has 0 fully saturated rings. The van der Waals surface area contributed by atoms with Gasteiger partial charge in [0.1, 0.15) is 0 Å². The van der Waals surface area contributed by atoms with Gasteiger partial charge in [0.25, 0.3) is 0 Å². The van der Waals surface area contributed by atoms with Gasteiger partial charge in [0.05, 0.1) is 26.1 Å². The number of aromatic nitrogens is 2. The molecule has 20 heavy (non-hydrogen) atoms. The monoisotopic (exact) mass is 275 g/mol.